The summed E-state index contributed by atoms with van der Waals surface area (Å²) in [7, 11) is -3.40. The minimum absolute atomic E-state index is 0.0728. The zero-order chi connectivity index (χ0) is 14.2. The molecule has 1 heterocycles. The number of nitrogens with two attached hydrogens (primary N) is 1. The first-order chi connectivity index (χ1) is 8.81. The van der Waals surface area contributed by atoms with Crippen LogP contribution in [0.1, 0.15) is 21.1 Å². The Morgan fingerprint density at radius 2 is 1.95 bits per heavy atom. The van der Waals surface area contributed by atoms with E-state index in [2.05, 4.69) is 4.98 Å². The van der Waals surface area contributed by atoms with Gasteiger partial charge < -0.3 is 5.73 Å². The quantitative estimate of drug-likeness (QED) is 0.884. The van der Waals surface area contributed by atoms with Crippen molar-refractivity contribution in [2.24, 2.45) is 0 Å². The highest BCUT2D eigenvalue weighted by atomic mass is 32.2. The van der Waals surface area contributed by atoms with E-state index in [-0.39, 0.29) is 10.6 Å². The van der Waals surface area contributed by atoms with E-state index in [1.54, 1.807) is 25.1 Å². The van der Waals surface area contributed by atoms with Gasteiger partial charge in [0.15, 0.2) is 9.84 Å². The summed E-state index contributed by atoms with van der Waals surface area (Å²) in [6.07, 6.45) is 0. The minimum atomic E-state index is -3.40. The largest absolute Gasteiger partial charge is 0.398 e. The summed E-state index contributed by atoms with van der Waals surface area (Å²) in [5.41, 5.74) is 7.75. The molecule has 2 rings (SSSR count). The van der Waals surface area contributed by atoms with Gasteiger partial charge in [0, 0.05) is 10.6 Å². The van der Waals surface area contributed by atoms with Crippen molar-refractivity contribution >= 4 is 26.9 Å². The fourth-order valence-corrected chi connectivity index (χ4v) is 4.66. The maximum absolute atomic E-state index is 12.4. The summed E-state index contributed by atoms with van der Waals surface area (Å²) in [5, 5.41) is 0.622. The lowest BCUT2D eigenvalue weighted by Crippen LogP contribution is -2.08. The summed E-state index contributed by atoms with van der Waals surface area (Å²) in [6.45, 7) is 5.54. The van der Waals surface area contributed by atoms with Crippen molar-refractivity contribution in [3.05, 3.63) is 39.3 Å². The summed E-state index contributed by atoms with van der Waals surface area (Å²) < 4.78 is 24.8. The van der Waals surface area contributed by atoms with Crippen molar-refractivity contribution in [3.8, 4) is 0 Å². The van der Waals surface area contributed by atoms with Gasteiger partial charge in [-0.1, -0.05) is 6.07 Å². The first-order valence-corrected chi connectivity index (χ1v) is 8.29. The van der Waals surface area contributed by atoms with E-state index in [4.69, 9.17) is 5.73 Å². The molecule has 4 nitrogen and oxygen atoms in total. The third-order valence-electron chi connectivity index (χ3n) is 3.05. The number of benzene rings is 1. The predicted molar refractivity (Wildman–Crippen MR) is 78.1 cm³/mol. The van der Waals surface area contributed by atoms with Crippen molar-refractivity contribution in [1.29, 1.82) is 0 Å². The van der Waals surface area contributed by atoms with Crippen LogP contribution in [0.4, 0.5) is 5.69 Å². The fourth-order valence-electron chi connectivity index (χ4n) is 1.81. The average molecular weight is 296 g/mol. The molecule has 0 atom stereocenters. The molecule has 0 fully saturated rings. The Balaban J connectivity index is 2.40. The van der Waals surface area contributed by atoms with Crippen LogP contribution in [-0.4, -0.2) is 13.4 Å². The first-order valence-electron chi connectivity index (χ1n) is 5.82. The second kappa shape index (κ2) is 4.94. The Morgan fingerprint density at radius 3 is 2.53 bits per heavy atom. The molecule has 2 N–H and O–H groups in total. The second-order valence-corrected chi connectivity index (χ2v) is 7.72. The zero-order valence-corrected chi connectivity index (χ0v) is 12.7. The van der Waals surface area contributed by atoms with Crippen LogP contribution < -0.4 is 5.73 Å². The van der Waals surface area contributed by atoms with Crippen LogP contribution in [0.25, 0.3) is 0 Å². The smallest absolute Gasteiger partial charge is 0.185 e. The maximum atomic E-state index is 12.4. The summed E-state index contributed by atoms with van der Waals surface area (Å²) in [4.78, 5) is 5.62. The van der Waals surface area contributed by atoms with Gasteiger partial charge >= 0.3 is 0 Å². The Kier molecular flexibility index (Phi) is 3.64. The summed E-state index contributed by atoms with van der Waals surface area (Å²) in [5.74, 6) is -0.0728. The van der Waals surface area contributed by atoms with Crippen LogP contribution in [0.15, 0.2) is 23.1 Å². The van der Waals surface area contributed by atoms with E-state index in [1.165, 1.54) is 11.3 Å². The lowest BCUT2D eigenvalue weighted by Gasteiger charge is -2.08. The number of thiazole rings is 1. The molecule has 1 aromatic heterocycles. The normalized spacial score (nSPS) is 11.7. The number of hydrogen-bond acceptors (Lipinski definition) is 5. The van der Waals surface area contributed by atoms with Crippen molar-refractivity contribution in [2.75, 3.05) is 5.73 Å². The monoisotopic (exact) mass is 296 g/mol. The van der Waals surface area contributed by atoms with Gasteiger partial charge in [-0.25, -0.2) is 13.4 Å². The molecule has 1 aromatic carbocycles. The molecule has 0 unspecified atom stereocenters. The highest BCUT2D eigenvalue weighted by molar-refractivity contribution is 7.90. The average Bonchev–Trinajstić information content (AvgIpc) is 2.60. The number of aromatic nitrogens is 1. The van der Waals surface area contributed by atoms with Crippen LogP contribution in [0.5, 0.6) is 0 Å². The number of nitrogen functional groups attached to an aromatic ring is 1. The lowest BCUT2D eigenvalue weighted by atomic mass is 10.2. The maximum Gasteiger partial charge on any atom is 0.185 e. The molecule has 0 saturated carbocycles. The number of sulfone groups is 1. The standard InChI is InChI=1S/C13H16N2O2S2/c1-8-11(14)5-4-6-12(8)19(16,17)7-13-15-9(2)10(3)18-13/h4-6H,7,14H2,1-3H3. The van der Waals surface area contributed by atoms with Gasteiger partial charge in [-0.05, 0) is 38.5 Å². The molecule has 102 valence electrons. The number of anilines is 1. The molecule has 2 aromatic rings. The van der Waals surface area contributed by atoms with Gasteiger partial charge in [0.2, 0.25) is 0 Å². The van der Waals surface area contributed by atoms with Gasteiger partial charge in [-0.15, -0.1) is 11.3 Å². The number of nitrogens with zero attached hydrogens (tertiary/aromatic N) is 1. The zero-order valence-electron chi connectivity index (χ0n) is 11.1. The fraction of sp³-hybridized carbons (Fsp3) is 0.308. The molecule has 6 heteroatoms. The Hall–Kier alpha value is -1.40. The summed E-state index contributed by atoms with van der Waals surface area (Å²) >= 11 is 1.42. The molecule has 0 amide bonds. The van der Waals surface area contributed by atoms with E-state index in [0.29, 0.717) is 16.3 Å². The van der Waals surface area contributed by atoms with Crippen molar-refractivity contribution in [2.45, 2.75) is 31.4 Å². The van der Waals surface area contributed by atoms with Crippen molar-refractivity contribution in [3.63, 3.8) is 0 Å². The van der Waals surface area contributed by atoms with Gasteiger partial charge in [-0.3, -0.25) is 0 Å². The molecule has 0 aliphatic carbocycles. The van der Waals surface area contributed by atoms with E-state index in [1.807, 2.05) is 13.8 Å². The van der Waals surface area contributed by atoms with E-state index in [0.717, 1.165) is 10.6 Å². The van der Waals surface area contributed by atoms with Gasteiger partial charge in [0.1, 0.15) is 10.8 Å². The Morgan fingerprint density at radius 1 is 1.26 bits per heavy atom. The Labute approximate surface area is 117 Å². The Bertz CT molecular complexity index is 699. The SMILES string of the molecule is Cc1nc(CS(=O)(=O)c2cccc(N)c2C)sc1C. The topological polar surface area (TPSA) is 73.0 Å². The van der Waals surface area contributed by atoms with Gasteiger partial charge in [0.05, 0.1) is 10.6 Å². The number of hydrogen-bond donors (Lipinski definition) is 1. The van der Waals surface area contributed by atoms with E-state index >= 15 is 0 Å². The lowest BCUT2D eigenvalue weighted by molar-refractivity contribution is 0.594. The number of aryl methyl sites for hydroxylation is 2. The highest BCUT2D eigenvalue weighted by Crippen LogP contribution is 2.26. The van der Waals surface area contributed by atoms with E-state index < -0.39 is 9.84 Å². The predicted octanol–water partition coefficient (Wildman–Crippen LogP) is 2.62. The van der Waals surface area contributed by atoms with Gasteiger partial charge in [-0.2, -0.15) is 0 Å². The van der Waals surface area contributed by atoms with Gasteiger partial charge in [0.25, 0.3) is 0 Å². The molecule has 0 radical (unpaired) electrons. The van der Waals surface area contributed by atoms with Crippen molar-refractivity contribution < 1.29 is 8.42 Å². The third kappa shape index (κ3) is 2.79. The minimum Gasteiger partial charge on any atom is -0.398 e. The number of rotatable bonds is 3. The third-order valence-corrected chi connectivity index (χ3v) is 6.07. The van der Waals surface area contributed by atoms with Crippen LogP contribution >= 0.6 is 11.3 Å². The van der Waals surface area contributed by atoms with Crippen LogP contribution in [-0.2, 0) is 15.6 Å². The first kappa shape index (κ1) is 14.0. The molecule has 19 heavy (non-hydrogen) atoms. The molecule has 0 bridgehead atoms. The van der Waals surface area contributed by atoms with Crippen LogP contribution in [0, 0.1) is 20.8 Å². The van der Waals surface area contributed by atoms with Crippen LogP contribution in [0.3, 0.4) is 0 Å². The summed E-state index contributed by atoms with van der Waals surface area (Å²) in [6, 6.07) is 4.95. The van der Waals surface area contributed by atoms with Crippen LogP contribution in [0.2, 0.25) is 0 Å². The highest BCUT2D eigenvalue weighted by Gasteiger charge is 2.20. The molecule has 0 saturated heterocycles. The second-order valence-electron chi connectivity index (χ2n) is 4.48. The molecule has 0 aliphatic rings. The molecule has 0 aliphatic heterocycles. The van der Waals surface area contributed by atoms with Crippen molar-refractivity contribution in [1.82, 2.24) is 4.98 Å². The van der Waals surface area contributed by atoms with E-state index in [9.17, 15) is 8.42 Å². The molecule has 0 spiro atoms. The molecular formula is C13H16N2O2S2. The molecular weight excluding hydrogens is 280 g/mol.